The molecule has 1 aliphatic carbocycles. The van der Waals surface area contributed by atoms with Crippen LogP contribution in [0.3, 0.4) is 0 Å². The van der Waals surface area contributed by atoms with Crippen LogP contribution in [0.5, 0.6) is 0 Å². The number of rotatable bonds is 14. The van der Waals surface area contributed by atoms with Gasteiger partial charge in [-0.3, -0.25) is 0 Å². The summed E-state index contributed by atoms with van der Waals surface area (Å²) in [5.74, 6) is -2.65. The molecule has 0 radical (unpaired) electrons. The van der Waals surface area contributed by atoms with Gasteiger partial charge in [-0.05, 0) is 85.6 Å². The summed E-state index contributed by atoms with van der Waals surface area (Å²) in [6, 6.07) is 6.94. The van der Waals surface area contributed by atoms with Crippen molar-refractivity contribution >= 4 is 0 Å². The molecule has 0 amide bonds. The molecule has 6 heteroatoms. The summed E-state index contributed by atoms with van der Waals surface area (Å²) in [5, 5.41) is 0. The number of hydrogen-bond acceptors (Lipinski definition) is 1. The predicted octanol–water partition coefficient (Wildman–Crippen LogP) is 10.00. The minimum Gasteiger partial charge on any atom is -0.316 e. The van der Waals surface area contributed by atoms with E-state index in [1.54, 1.807) is 12.1 Å². The van der Waals surface area contributed by atoms with E-state index in [0.717, 1.165) is 57.4 Å². The highest BCUT2D eigenvalue weighted by Gasteiger charge is 2.38. The maximum atomic E-state index is 14.9. The number of hydrogen-bond donors (Lipinski definition) is 0. The van der Waals surface area contributed by atoms with E-state index >= 15 is 0 Å². The Bertz CT molecular complexity index is 982. The Morgan fingerprint density at radius 1 is 0.811 bits per heavy atom. The maximum absolute atomic E-state index is 14.9. The molecule has 0 saturated heterocycles. The van der Waals surface area contributed by atoms with Crippen LogP contribution in [-0.2, 0) is 23.7 Å². The van der Waals surface area contributed by atoms with Crippen molar-refractivity contribution in [3.8, 4) is 0 Å². The molecule has 37 heavy (non-hydrogen) atoms. The van der Waals surface area contributed by atoms with Gasteiger partial charge < -0.3 is 4.74 Å². The lowest BCUT2D eigenvalue weighted by Gasteiger charge is -2.29. The van der Waals surface area contributed by atoms with E-state index < -0.39 is 29.9 Å². The van der Waals surface area contributed by atoms with E-state index in [9.17, 15) is 22.0 Å². The Labute approximate surface area is 218 Å². The third-order valence-corrected chi connectivity index (χ3v) is 7.77. The third-order valence-electron chi connectivity index (χ3n) is 7.77. The number of aryl methyl sites for hydroxylation is 1. The predicted molar refractivity (Wildman–Crippen MR) is 138 cm³/mol. The van der Waals surface area contributed by atoms with E-state index in [-0.39, 0.29) is 23.7 Å². The summed E-state index contributed by atoms with van der Waals surface area (Å²) in [5.41, 5.74) is 0.198. The lowest BCUT2D eigenvalue weighted by molar-refractivity contribution is -0.249. The van der Waals surface area contributed by atoms with Gasteiger partial charge in [-0.15, -0.1) is 0 Å². The zero-order valence-corrected chi connectivity index (χ0v) is 22.2. The molecule has 0 unspecified atom stereocenters. The van der Waals surface area contributed by atoms with Gasteiger partial charge in [0.2, 0.25) is 0 Å². The monoisotopic (exact) mass is 524 g/mol. The number of alkyl halides is 2. The van der Waals surface area contributed by atoms with Gasteiger partial charge in [0.1, 0.15) is 5.82 Å². The molecule has 0 bridgehead atoms. The second-order valence-electron chi connectivity index (χ2n) is 10.5. The molecule has 1 fully saturated rings. The molecular formula is C31H41F5O. The molecule has 2 aromatic rings. The first-order valence-corrected chi connectivity index (χ1v) is 14.0. The Balaban J connectivity index is 1.56. The van der Waals surface area contributed by atoms with Gasteiger partial charge >= 0.3 is 6.11 Å². The fourth-order valence-electron chi connectivity index (χ4n) is 5.44. The first-order chi connectivity index (χ1) is 17.8. The minimum atomic E-state index is -3.99. The minimum absolute atomic E-state index is 0.0332. The molecule has 0 atom stereocenters. The fourth-order valence-corrected chi connectivity index (χ4v) is 5.44. The average Bonchev–Trinajstić information content (AvgIpc) is 2.87. The maximum Gasteiger partial charge on any atom is 0.386 e. The van der Waals surface area contributed by atoms with Crippen LogP contribution in [0.25, 0.3) is 0 Å². The zero-order valence-electron chi connectivity index (χ0n) is 22.2. The number of ether oxygens (including phenoxy) is 1. The van der Waals surface area contributed by atoms with Crippen LogP contribution in [0, 0.1) is 23.4 Å². The second-order valence-corrected chi connectivity index (χ2v) is 10.5. The molecule has 206 valence electrons. The van der Waals surface area contributed by atoms with Crippen molar-refractivity contribution in [1.29, 1.82) is 0 Å². The molecular weight excluding hydrogens is 483 g/mol. The van der Waals surface area contributed by atoms with Crippen molar-refractivity contribution < 1.29 is 26.7 Å². The Morgan fingerprint density at radius 2 is 1.51 bits per heavy atom. The number of unbranched alkanes of at least 4 members (excludes halogenated alkanes) is 4. The quantitative estimate of drug-likeness (QED) is 0.176. The molecule has 3 rings (SSSR count). The normalized spacial score (nSPS) is 18.4. The van der Waals surface area contributed by atoms with Gasteiger partial charge in [0.15, 0.2) is 11.6 Å². The Kier molecular flexibility index (Phi) is 11.4. The van der Waals surface area contributed by atoms with Crippen LogP contribution >= 0.6 is 0 Å². The topological polar surface area (TPSA) is 9.23 Å². The SMILES string of the molecule is CCCCCc1ccc(CCOC(F)(F)c2ccc(C3CCC(CCCCC)CC3)c(F)c2F)cc1F. The fraction of sp³-hybridized carbons (Fsp3) is 0.613. The van der Waals surface area contributed by atoms with Gasteiger partial charge in [0.25, 0.3) is 0 Å². The van der Waals surface area contributed by atoms with Crippen LogP contribution in [0.2, 0.25) is 0 Å². The highest BCUT2D eigenvalue weighted by Crippen LogP contribution is 2.41. The summed E-state index contributed by atoms with van der Waals surface area (Å²) in [6.45, 7) is 3.79. The third kappa shape index (κ3) is 8.27. The van der Waals surface area contributed by atoms with E-state index in [2.05, 4.69) is 18.6 Å². The van der Waals surface area contributed by atoms with Gasteiger partial charge in [0, 0.05) is 0 Å². The van der Waals surface area contributed by atoms with Gasteiger partial charge in [-0.25, -0.2) is 13.2 Å². The van der Waals surface area contributed by atoms with Crippen molar-refractivity contribution in [3.63, 3.8) is 0 Å². The van der Waals surface area contributed by atoms with Crippen LogP contribution < -0.4 is 0 Å². The standard InChI is InChI=1S/C31H41F5O/c1-3-5-7-9-22-11-14-24(15-12-22)26-17-18-27(30(34)29(26)33)31(35,36)37-20-19-23-13-16-25(28(32)21-23)10-8-6-4-2/h13,16-18,21-22,24H,3-12,14-15,19-20H2,1-2H3. The molecule has 0 aliphatic heterocycles. The van der Waals surface area contributed by atoms with Crippen molar-refractivity contribution in [3.05, 3.63) is 70.0 Å². The van der Waals surface area contributed by atoms with E-state index in [1.165, 1.54) is 31.4 Å². The van der Waals surface area contributed by atoms with Crippen LogP contribution in [0.15, 0.2) is 30.3 Å². The molecule has 0 spiro atoms. The summed E-state index contributed by atoms with van der Waals surface area (Å²) in [7, 11) is 0. The van der Waals surface area contributed by atoms with Gasteiger partial charge in [0.05, 0.1) is 12.2 Å². The van der Waals surface area contributed by atoms with E-state index in [0.29, 0.717) is 23.5 Å². The Morgan fingerprint density at radius 3 is 2.19 bits per heavy atom. The number of halogens is 5. The number of benzene rings is 2. The molecule has 1 saturated carbocycles. The van der Waals surface area contributed by atoms with Gasteiger partial charge in [-0.2, -0.15) is 8.78 Å². The highest BCUT2D eigenvalue weighted by atomic mass is 19.3. The van der Waals surface area contributed by atoms with Gasteiger partial charge in [-0.1, -0.05) is 70.6 Å². The van der Waals surface area contributed by atoms with E-state index in [1.807, 2.05) is 0 Å². The van der Waals surface area contributed by atoms with Crippen LogP contribution in [-0.4, -0.2) is 6.61 Å². The van der Waals surface area contributed by atoms with Crippen molar-refractivity contribution in [2.45, 2.75) is 109 Å². The summed E-state index contributed by atoms with van der Waals surface area (Å²) < 4.78 is 78.0. The molecule has 2 aromatic carbocycles. The van der Waals surface area contributed by atoms with Crippen LogP contribution in [0.1, 0.15) is 113 Å². The average molecular weight is 525 g/mol. The van der Waals surface area contributed by atoms with E-state index in [4.69, 9.17) is 0 Å². The van der Waals surface area contributed by atoms with Crippen molar-refractivity contribution in [1.82, 2.24) is 0 Å². The highest BCUT2D eigenvalue weighted by molar-refractivity contribution is 5.31. The Hall–Kier alpha value is -1.95. The molecule has 1 nitrogen and oxygen atoms in total. The lowest BCUT2D eigenvalue weighted by Crippen LogP contribution is -2.23. The smallest absolute Gasteiger partial charge is 0.316 e. The largest absolute Gasteiger partial charge is 0.386 e. The zero-order chi connectivity index (χ0) is 26.8. The summed E-state index contributed by atoms with van der Waals surface area (Å²) in [6.07, 6.45) is 7.76. The molecule has 0 N–H and O–H groups in total. The molecule has 1 aliphatic rings. The second kappa shape index (κ2) is 14.3. The van der Waals surface area contributed by atoms with Crippen molar-refractivity contribution in [2.24, 2.45) is 5.92 Å². The lowest BCUT2D eigenvalue weighted by atomic mass is 9.76. The molecule has 0 heterocycles. The summed E-state index contributed by atoms with van der Waals surface area (Å²) in [4.78, 5) is 0. The first-order valence-electron chi connectivity index (χ1n) is 14.0. The summed E-state index contributed by atoms with van der Waals surface area (Å²) >= 11 is 0. The molecule has 0 aromatic heterocycles. The van der Waals surface area contributed by atoms with Crippen LogP contribution in [0.4, 0.5) is 22.0 Å². The van der Waals surface area contributed by atoms with Crippen molar-refractivity contribution in [2.75, 3.05) is 6.61 Å². The first kappa shape index (κ1) is 29.6.